The monoisotopic (exact) mass is 148 g/mol. The first-order chi connectivity index (χ1) is 4.31. The van der Waals surface area contributed by atoms with Gasteiger partial charge in [0.15, 0.2) is 0 Å². The number of hydrogen-bond donors (Lipinski definition) is 1. The first kappa shape index (κ1) is 8.76. The third-order valence-corrected chi connectivity index (χ3v) is 1.04. The van der Waals surface area contributed by atoms with Crippen LogP contribution < -0.4 is 5.32 Å². The molecule has 0 rings (SSSR count). The largest absolute Gasteiger partial charge is 0.374 e. The minimum Gasteiger partial charge on any atom is -0.374 e. The summed E-state index contributed by atoms with van der Waals surface area (Å²) in [6, 6.07) is 0. The predicted octanol–water partition coefficient (Wildman–Crippen LogP) is 1.25. The zero-order chi connectivity index (χ0) is 7.11. The van der Waals surface area contributed by atoms with Gasteiger partial charge in [-0.2, -0.15) is 0 Å². The van der Waals surface area contributed by atoms with Crippen LogP contribution >= 0.6 is 11.6 Å². The first-order valence-electron chi connectivity index (χ1n) is 3.12. The fourth-order valence-electron chi connectivity index (χ4n) is 0.522. The average molecular weight is 149 g/mol. The van der Waals surface area contributed by atoms with Gasteiger partial charge in [0.2, 0.25) is 0 Å². The SMILES string of the molecule is CCNC(C)=NCCCl. The van der Waals surface area contributed by atoms with Crippen molar-refractivity contribution in [1.82, 2.24) is 5.32 Å². The molecule has 0 atom stereocenters. The number of nitrogens with one attached hydrogen (secondary N) is 1. The lowest BCUT2D eigenvalue weighted by Crippen LogP contribution is -2.19. The number of aliphatic imine (C=N–C) groups is 1. The fraction of sp³-hybridized carbons (Fsp3) is 0.833. The minimum absolute atomic E-state index is 0.600. The number of halogens is 1. The van der Waals surface area contributed by atoms with Gasteiger partial charge >= 0.3 is 0 Å². The van der Waals surface area contributed by atoms with Crippen LogP contribution in [0.1, 0.15) is 13.8 Å². The quantitative estimate of drug-likeness (QED) is 0.364. The van der Waals surface area contributed by atoms with Crippen LogP contribution in [0.2, 0.25) is 0 Å². The number of rotatable bonds is 3. The van der Waals surface area contributed by atoms with E-state index in [0.29, 0.717) is 12.4 Å². The first-order valence-corrected chi connectivity index (χ1v) is 3.65. The number of amidine groups is 1. The molecule has 0 aliphatic carbocycles. The van der Waals surface area contributed by atoms with Gasteiger partial charge < -0.3 is 5.32 Å². The van der Waals surface area contributed by atoms with E-state index in [2.05, 4.69) is 10.3 Å². The van der Waals surface area contributed by atoms with Crippen molar-refractivity contribution in [2.45, 2.75) is 13.8 Å². The van der Waals surface area contributed by atoms with Crippen molar-refractivity contribution in [1.29, 1.82) is 0 Å². The molecule has 0 amide bonds. The van der Waals surface area contributed by atoms with Crippen LogP contribution in [0.5, 0.6) is 0 Å². The molecule has 0 unspecified atom stereocenters. The van der Waals surface area contributed by atoms with Crippen molar-refractivity contribution in [3.63, 3.8) is 0 Å². The van der Waals surface area contributed by atoms with E-state index in [1.165, 1.54) is 0 Å². The maximum atomic E-state index is 5.41. The van der Waals surface area contributed by atoms with Gasteiger partial charge in [0.25, 0.3) is 0 Å². The van der Waals surface area contributed by atoms with Crippen LogP contribution in [-0.4, -0.2) is 24.8 Å². The Morgan fingerprint density at radius 1 is 1.67 bits per heavy atom. The van der Waals surface area contributed by atoms with Gasteiger partial charge in [0, 0.05) is 12.4 Å². The Morgan fingerprint density at radius 2 is 2.33 bits per heavy atom. The highest BCUT2D eigenvalue weighted by atomic mass is 35.5. The zero-order valence-corrected chi connectivity index (χ0v) is 6.70. The Kier molecular flexibility index (Phi) is 5.73. The van der Waals surface area contributed by atoms with Gasteiger partial charge in [-0.3, -0.25) is 4.99 Å². The van der Waals surface area contributed by atoms with Crippen molar-refractivity contribution >= 4 is 17.4 Å². The van der Waals surface area contributed by atoms with E-state index in [9.17, 15) is 0 Å². The maximum Gasteiger partial charge on any atom is 0.0932 e. The van der Waals surface area contributed by atoms with Gasteiger partial charge in [0.05, 0.1) is 12.4 Å². The van der Waals surface area contributed by atoms with Crippen LogP contribution in [0.15, 0.2) is 4.99 Å². The molecule has 0 aliphatic rings. The molecule has 0 aliphatic heterocycles. The Bertz CT molecular complexity index is 91.1. The second-order valence-corrected chi connectivity index (χ2v) is 2.06. The molecule has 0 aromatic carbocycles. The van der Waals surface area contributed by atoms with Gasteiger partial charge in [-0.15, -0.1) is 11.6 Å². The van der Waals surface area contributed by atoms with Crippen molar-refractivity contribution in [2.24, 2.45) is 4.99 Å². The Balaban J connectivity index is 3.30. The molecule has 0 radical (unpaired) electrons. The fourth-order valence-corrected chi connectivity index (χ4v) is 0.606. The molecular formula is C6H13ClN2. The highest BCUT2D eigenvalue weighted by Crippen LogP contribution is 1.77. The van der Waals surface area contributed by atoms with Crippen LogP contribution in [0, 0.1) is 0 Å². The van der Waals surface area contributed by atoms with E-state index in [1.54, 1.807) is 0 Å². The highest BCUT2D eigenvalue weighted by Gasteiger charge is 1.83. The van der Waals surface area contributed by atoms with E-state index in [4.69, 9.17) is 11.6 Å². The van der Waals surface area contributed by atoms with Gasteiger partial charge in [0.1, 0.15) is 0 Å². The summed E-state index contributed by atoms with van der Waals surface area (Å²) in [5.41, 5.74) is 0. The molecule has 54 valence electrons. The molecule has 0 saturated heterocycles. The standard InChI is InChI=1S/C6H13ClN2/c1-3-8-6(2)9-5-4-7/h3-5H2,1-2H3,(H,8,9). The smallest absolute Gasteiger partial charge is 0.0932 e. The molecule has 3 heteroatoms. The zero-order valence-electron chi connectivity index (χ0n) is 5.95. The summed E-state index contributed by atoms with van der Waals surface area (Å²) < 4.78 is 0. The summed E-state index contributed by atoms with van der Waals surface area (Å²) in [5, 5.41) is 3.07. The Hall–Kier alpha value is -0.240. The van der Waals surface area contributed by atoms with Crippen LogP contribution in [-0.2, 0) is 0 Å². The summed E-state index contributed by atoms with van der Waals surface area (Å²) in [4.78, 5) is 4.11. The van der Waals surface area contributed by atoms with E-state index in [-0.39, 0.29) is 0 Å². The van der Waals surface area contributed by atoms with Crippen LogP contribution in [0.25, 0.3) is 0 Å². The molecule has 0 spiro atoms. The van der Waals surface area contributed by atoms with Gasteiger partial charge in [-0.05, 0) is 13.8 Å². The summed E-state index contributed by atoms with van der Waals surface area (Å²) in [6.45, 7) is 5.62. The van der Waals surface area contributed by atoms with Gasteiger partial charge in [-0.25, -0.2) is 0 Å². The molecule has 0 bridgehead atoms. The summed E-state index contributed by atoms with van der Waals surface area (Å²) >= 11 is 5.41. The summed E-state index contributed by atoms with van der Waals surface area (Å²) in [6.07, 6.45) is 0. The molecular weight excluding hydrogens is 136 g/mol. The third-order valence-electron chi connectivity index (χ3n) is 0.866. The Labute approximate surface area is 61.3 Å². The summed E-state index contributed by atoms with van der Waals surface area (Å²) in [7, 11) is 0. The second kappa shape index (κ2) is 5.89. The average Bonchev–Trinajstić information content (AvgIpc) is 1.85. The predicted molar refractivity (Wildman–Crippen MR) is 42.4 cm³/mol. The van der Waals surface area contributed by atoms with Gasteiger partial charge in [-0.1, -0.05) is 0 Å². The lowest BCUT2D eigenvalue weighted by atomic mass is 10.6. The molecule has 0 heterocycles. The molecule has 0 saturated carbocycles. The highest BCUT2D eigenvalue weighted by molar-refractivity contribution is 6.18. The van der Waals surface area contributed by atoms with Crippen molar-refractivity contribution in [3.8, 4) is 0 Å². The number of alkyl halides is 1. The normalized spacial score (nSPS) is 11.7. The molecule has 0 fully saturated rings. The maximum absolute atomic E-state index is 5.41. The van der Waals surface area contributed by atoms with E-state index >= 15 is 0 Å². The number of hydrogen-bond acceptors (Lipinski definition) is 1. The van der Waals surface area contributed by atoms with Crippen molar-refractivity contribution in [2.75, 3.05) is 19.0 Å². The lowest BCUT2D eigenvalue weighted by molar-refractivity contribution is 0.943. The van der Waals surface area contributed by atoms with Crippen molar-refractivity contribution < 1.29 is 0 Å². The molecule has 2 nitrogen and oxygen atoms in total. The Morgan fingerprint density at radius 3 is 2.78 bits per heavy atom. The van der Waals surface area contributed by atoms with Crippen LogP contribution in [0.3, 0.4) is 0 Å². The minimum atomic E-state index is 0.600. The summed E-state index contributed by atoms with van der Waals surface area (Å²) in [5.74, 6) is 1.57. The molecule has 0 aromatic heterocycles. The molecule has 1 N–H and O–H groups in total. The topological polar surface area (TPSA) is 24.4 Å². The van der Waals surface area contributed by atoms with E-state index in [0.717, 1.165) is 12.4 Å². The molecule has 0 aromatic rings. The number of nitrogens with zero attached hydrogens (tertiary/aromatic N) is 1. The van der Waals surface area contributed by atoms with Crippen LogP contribution in [0.4, 0.5) is 0 Å². The third kappa shape index (κ3) is 5.63. The van der Waals surface area contributed by atoms with E-state index in [1.807, 2.05) is 13.8 Å². The molecule has 9 heavy (non-hydrogen) atoms. The van der Waals surface area contributed by atoms with Crippen molar-refractivity contribution in [3.05, 3.63) is 0 Å². The lowest BCUT2D eigenvalue weighted by Gasteiger charge is -1.99. The second-order valence-electron chi connectivity index (χ2n) is 1.69. The van der Waals surface area contributed by atoms with E-state index < -0.39 is 0 Å².